The van der Waals surface area contributed by atoms with E-state index in [4.69, 9.17) is 5.73 Å². The van der Waals surface area contributed by atoms with Gasteiger partial charge in [0.25, 0.3) is 0 Å². The fourth-order valence-corrected chi connectivity index (χ4v) is 2.25. The summed E-state index contributed by atoms with van der Waals surface area (Å²) >= 11 is 0. The molecular formula is C16H21N3. The molecule has 3 heteroatoms. The van der Waals surface area contributed by atoms with Crippen LogP contribution in [0.3, 0.4) is 0 Å². The first-order valence-electron chi connectivity index (χ1n) is 6.72. The Labute approximate surface area is 114 Å². The minimum Gasteiger partial charge on any atom is -0.398 e. The highest BCUT2D eigenvalue weighted by Gasteiger charge is 2.17. The zero-order valence-electron chi connectivity index (χ0n) is 11.6. The summed E-state index contributed by atoms with van der Waals surface area (Å²) < 4.78 is 0. The van der Waals surface area contributed by atoms with Gasteiger partial charge in [0.2, 0.25) is 0 Å². The number of aromatic nitrogens is 1. The van der Waals surface area contributed by atoms with E-state index in [1.807, 2.05) is 12.3 Å². The van der Waals surface area contributed by atoms with Crippen LogP contribution in [0.15, 0.2) is 42.7 Å². The quantitative estimate of drug-likeness (QED) is 0.863. The van der Waals surface area contributed by atoms with Crippen molar-refractivity contribution in [3.63, 3.8) is 0 Å². The zero-order valence-corrected chi connectivity index (χ0v) is 11.6. The molecule has 0 radical (unpaired) electrons. The summed E-state index contributed by atoms with van der Waals surface area (Å²) in [5, 5.41) is 3.56. The van der Waals surface area contributed by atoms with Crippen LogP contribution < -0.4 is 11.1 Å². The number of anilines is 1. The third-order valence-electron chi connectivity index (χ3n) is 3.30. The van der Waals surface area contributed by atoms with Crippen molar-refractivity contribution in [2.75, 3.05) is 12.3 Å². The summed E-state index contributed by atoms with van der Waals surface area (Å²) in [4.78, 5) is 4.21. The second-order valence-corrected chi connectivity index (χ2v) is 4.75. The summed E-state index contributed by atoms with van der Waals surface area (Å²) in [6, 6.07) is 10.4. The molecule has 100 valence electrons. The summed E-state index contributed by atoms with van der Waals surface area (Å²) in [5.74, 6) is 0. The molecule has 1 aromatic heterocycles. The number of pyridine rings is 1. The molecule has 1 unspecified atom stereocenters. The molecule has 2 aromatic rings. The summed E-state index contributed by atoms with van der Waals surface area (Å²) in [6.07, 6.45) is 4.67. The van der Waals surface area contributed by atoms with E-state index >= 15 is 0 Å². The van der Waals surface area contributed by atoms with E-state index in [0.29, 0.717) is 0 Å². The van der Waals surface area contributed by atoms with Crippen molar-refractivity contribution in [2.24, 2.45) is 0 Å². The fourth-order valence-electron chi connectivity index (χ4n) is 2.25. The monoisotopic (exact) mass is 255 g/mol. The van der Waals surface area contributed by atoms with Crippen LogP contribution in [0.5, 0.6) is 0 Å². The van der Waals surface area contributed by atoms with E-state index in [9.17, 15) is 0 Å². The highest BCUT2D eigenvalue weighted by atomic mass is 14.9. The molecule has 0 aliphatic carbocycles. The number of nitrogen functional groups attached to an aromatic ring is 1. The molecule has 0 aliphatic rings. The third-order valence-corrected chi connectivity index (χ3v) is 3.30. The number of rotatable bonds is 5. The molecule has 19 heavy (non-hydrogen) atoms. The molecule has 1 heterocycles. The van der Waals surface area contributed by atoms with E-state index in [1.165, 1.54) is 11.1 Å². The van der Waals surface area contributed by atoms with Crippen molar-refractivity contribution < 1.29 is 0 Å². The van der Waals surface area contributed by atoms with Crippen LogP contribution in [0.2, 0.25) is 0 Å². The molecule has 1 aromatic carbocycles. The molecule has 2 rings (SSSR count). The molecule has 0 saturated heterocycles. The predicted molar refractivity (Wildman–Crippen MR) is 80.0 cm³/mol. The SMILES string of the molecule is CCCNC(c1ccccc1C)c1cnccc1N. The molecule has 0 spiro atoms. The molecule has 1 atom stereocenters. The van der Waals surface area contributed by atoms with Crippen LogP contribution in [0, 0.1) is 6.92 Å². The Morgan fingerprint density at radius 3 is 2.68 bits per heavy atom. The van der Waals surface area contributed by atoms with Crippen LogP contribution in [0.1, 0.15) is 36.1 Å². The van der Waals surface area contributed by atoms with Gasteiger partial charge in [-0.3, -0.25) is 4.98 Å². The topological polar surface area (TPSA) is 50.9 Å². The highest BCUT2D eigenvalue weighted by Crippen LogP contribution is 2.27. The number of hydrogen-bond donors (Lipinski definition) is 2. The number of nitrogens with one attached hydrogen (secondary N) is 1. The maximum Gasteiger partial charge on any atom is 0.0615 e. The van der Waals surface area contributed by atoms with Crippen LogP contribution in [0.4, 0.5) is 5.69 Å². The normalized spacial score (nSPS) is 12.3. The average molecular weight is 255 g/mol. The minimum atomic E-state index is 0.106. The van der Waals surface area contributed by atoms with Gasteiger partial charge in [-0.2, -0.15) is 0 Å². The standard InChI is InChI=1S/C16H21N3/c1-3-9-19-16(13-7-5-4-6-12(13)2)14-11-18-10-8-15(14)17/h4-8,10-11,16,19H,3,9H2,1-2H3,(H2,17,18). The van der Waals surface area contributed by atoms with Gasteiger partial charge >= 0.3 is 0 Å². The molecule has 0 amide bonds. The molecule has 0 bridgehead atoms. The van der Waals surface area contributed by atoms with Gasteiger partial charge in [0.05, 0.1) is 6.04 Å². The van der Waals surface area contributed by atoms with Gasteiger partial charge in [-0.15, -0.1) is 0 Å². The number of benzene rings is 1. The van der Waals surface area contributed by atoms with E-state index in [0.717, 1.165) is 24.2 Å². The number of nitrogens with two attached hydrogens (primary N) is 1. The van der Waals surface area contributed by atoms with Gasteiger partial charge < -0.3 is 11.1 Å². The molecular weight excluding hydrogens is 234 g/mol. The first-order valence-corrected chi connectivity index (χ1v) is 6.72. The summed E-state index contributed by atoms with van der Waals surface area (Å²) in [7, 11) is 0. The van der Waals surface area contributed by atoms with E-state index in [1.54, 1.807) is 6.20 Å². The Balaban J connectivity index is 2.42. The van der Waals surface area contributed by atoms with Gasteiger partial charge in [0.15, 0.2) is 0 Å². The average Bonchev–Trinajstić information content (AvgIpc) is 2.42. The first-order chi connectivity index (χ1) is 9.24. The molecule has 0 saturated carbocycles. The van der Waals surface area contributed by atoms with Gasteiger partial charge in [0.1, 0.15) is 0 Å². The van der Waals surface area contributed by atoms with Gasteiger partial charge in [-0.25, -0.2) is 0 Å². The van der Waals surface area contributed by atoms with Crippen molar-refractivity contribution >= 4 is 5.69 Å². The van der Waals surface area contributed by atoms with Crippen molar-refractivity contribution in [2.45, 2.75) is 26.3 Å². The lowest BCUT2D eigenvalue weighted by molar-refractivity contribution is 0.596. The minimum absolute atomic E-state index is 0.106. The summed E-state index contributed by atoms with van der Waals surface area (Å²) in [5.41, 5.74) is 10.5. The number of aryl methyl sites for hydroxylation is 1. The smallest absolute Gasteiger partial charge is 0.0615 e. The van der Waals surface area contributed by atoms with Gasteiger partial charge in [-0.1, -0.05) is 31.2 Å². The molecule has 0 fully saturated rings. The Kier molecular flexibility index (Phi) is 4.53. The number of hydrogen-bond acceptors (Lipinski definition) is 3. The van der Waals surface area contributed by atoms with Crippen molar-refractivity contribution in [3.05, 3.63) is 59.4 Å². The van der Waals surface area contributed by atoms with Crippen LogP contribution in [-0.4, -0.2) is 11.5 Å². The van der Waals surface area contributed by atoms with Crippen LogP contribution in [0.25, 0.3) is 0 Å². The third kappa shape index (κ3) is 3.12. The highest BCUT2D eigenvalue weighted by molar-refractivity contribution is 5.50. The van der Waals surface area contributed by atoms with Crippen molar-refractivity contribution in [3.8, 4) is 0 Å². The number of nitrogens with zero attached hydrogens (tertiary/aromatic N) is 1. The lowest BCUT2D eigenvalue weighted by Gasteiger charge is -2.22. The van der Waals surface area contributed by atoms with E-state index in [2.05, 4.69) is 48.4 Å². The Morgan fingerprint density at radius 1 is 1.21 bits per heavy atom. The van der Waals surface area contributed by atoms with Gasteiger partial charge in [-0.05, 0) is 37.1 Å². The Bertz CT molecular complexity index is 492. The lowest BCUT2D eigenvalue weighted by Crippen LogP contribution is -2.25. The predicted octanol–water partition coefficient (Wildman–Crippen LogP) is 3.06. The second-order valence-electron chi connectivity index (χ2n) is 4.75. The summed E-state index contributed by atoms with van der Waals surface area (Å²) in [6.45, 7) is 5.24. The zero-order chi connectivity index (χ0) is 13.7. The van der Waals surface area contributed by atoms with Crippen molar-refractivity contribution in [1.29, 1.82) is 0 Å². The lowest BCUT2D eigenvalue weighted by atomic mass is 9.95. The Hall–Kier alpha value is -1.87. The van der Waals surface area contributed by atoms with E-state index in [-0.39, 0.29) is 6.04 Å². The first kappa shape index (κ1) is 13.6. The van der Waals surface area contributed by atoms with Crippen LogP contribution in [-0.2, 0) is 0 Å². The van der Waals surface area contributed by atoms with E-state index < -0.39 is 0 Å². The van der Waals surface area contributed by atoms with Crippen molar-refractivity contribution in [1.82, 2.24) is 10.3 Å². The second kappa shape index (κ2) is 6.34. The molecule has 0 aliphatic heterocycles. The molecule has 3 N–H and O–H groups in total. The fraction of sp³-hybridized carbons (Fsp3) is 0.312. The van der Waals surface area contributed by atoms with Crippen LogP contribution >= 0.6 is 0 Å². The maximum atomic E-state index is 6.10. The molecule has 3 nitrogen and oxygen atoms in total. The van der Waals surface area contributed by atoms with Gasteiger partial charge in [0, 0.05) is 23.6 Å². The maximum absolute atomic E-state index is 6.10. The largest absolute Gasteiger partial charge is 0.398 e. The Morgan fingerprint density at radius 2 is 2.00 bits per heavy atom.